The molecule has 0 aliphatic carbocycles. The van der Waals surface area contributed by atoms with Crippen molar-refractivity contribution in [3.63, 3.8) is 0 Å². The minimum atomic E-state index is -3.42. The third-order valence-electron chi connectivity index (χ3n) is 3.66. The third kappa shape index (κ3) is 5.76. The van der Waals surface area contributed by atoms with Crippen LogP contribution in [0.15, 0.2) is 29.2 Å². The van der Waals surface area contributed by atoms with Crippen molar-refractivity contribution >= 4 is 28.3 Å². The number of sulfonamides is 1. The number of halogens is 1. The van der Waals surface area contributed by atoms with Crippen molar-refractivity contribution in [3.05, 3.63) is 29.8 Å². The second-order valence-electron chi connectivity index (χ2n) is 5.37. The van der Waals surface area contributed by atoms with Gasteiger partial charge in [-0.3, -0.25) is 4.79 Å². The number of benzene rings is 1. The maximum absolute atomic E-state index is 12.0. The maximum atomic E-state index is 12.0. The minimum Gasteiger partial charge on any atom is -0.351 e. The van der Waals surface area contributed by atoms with E-state index in [0.29, 0.717) is 13.1 Å². The van der Waals surface area contributed by atoms with Gasteiger partial charge in [-0.05, 0) is 37.1 Å². The Hall–Kier alpha value is -1.15. The molecular weight excluding hydrogens is 338 g/mol. The van der Waals surface area contributed by atoms with Crippen LogP contribution in [0.4, 0.5) is 0 Å². The Morgan fingerprint density at radius 1 is 1.26 bits per heavy atom. The number of nitrogens with one attached hydrogen (secondary N) is 3. The highest BCUT2D eigenvalue weighted by atomic mass is 35.5. The summed E-state index contributed by atoms with van der Waals surface area (Å²) in [7, 11) is -3.42. The van der Waals surface area contributed by atoms with Gasteiger partial charge in [-0.15, -0.1) is 12.4 Å². The van der Waals surface area contributed by atoms with Crippen LogP contribution in [0.1, 0.15) is 31.7 Å². The Bertz CT molecular complexity index is 599. The average Bonchev–Trinajstić information content (AvgIpc) is 2.54. The number of amides is 1. The number of rotatable bonds is 6. The summed E-state index contributed by atoms with van der Waals surface area (Å²) in [6.07, 6.45) is 3.05. The molecule has 8 heteroatoms. The lowest BCUT2D eigenvalue weighted by Crippen LogP contribution is -2.46. The summed E-state index contributed by atoms with van der Waals surface area (Å²) in [5, 5.41) is 6.08. The summed E-state index contributed by atoms with van der Waals surface area (Å²) in [6.45, 7) is 3.38. The first kappa shape index (κ1) is 19.9. The fourth-order valence-corrected chi connectivity index (χ4v) is 3.49. The molecule has 0 aromatic heterocycles. The van der Waals surface area contributed by atoms with E-state index in [1.165, 1.54) is 0 Å². The molecule has 2 rings (SSSR count). The van der Waals surface area contributed by atoms with Gasteiger partial charge < -0.3 is 10.6 Å². The third-order valence-corrected chi connectivity index (χ3v) is 5.22. The Kier molecular flexibility index (Phi) is 7.98. The monoisotopic (exact) mass is 361 g/mol. The van der Waals surface area contributed by atoms with Crippen LogP contribution in [-0.4, -0.2) is 33.5 Å². The van der Waals surface area contributed by atoms with Crippen LogP contribution in [0.25, 0.3) is 0 Å². The standard InChI is InChI=1S/C15H23N3O3S.ClH/c1-2-18-22(20,21)13-8-6-12(7-9-13)11-17-15(19)14-5-3-4-10-16-14;/h6-9,14,16,18H,2-5,10-11H2,1H3,(H,17,19);1H. The van der Waals surface area contributed by atoms with Crippen molar-refractivity contribution in [1.82, 2.24) is 15.4 Å². The Morgan fingerprint density at radius 3 is 2.52 bits per heavy atom. The van der Waals surface area contributed by atoms with E-state index < -0.39 is 10.0 Å². The van der Waals surface area contributed by atoms with E-state index in [2.05, 4.69) is 15.4 Å². The molecule has 23 heavy (non-hydrogen) atoms. The lowest BCUT2D eigenvalue weighted by molar-refractivity contribution is -0.123. The average molecular weight is 362 g/mol. The molecule has 1 aromatic rings. The number of carbonyl (C=O) groups excluding carboxylic acids is 1. The van der Waals surface area contributed by atoms with E-state index in [0.717, 1.165) is 31.4 Å². The Morgan fingerprint density at radius 2 is 1.96 bits per heavy atom. The molecule has 1 heterocycles. The lowest BCUT2D eigenvalue weighted by atomic mass is 10.0. The molecule has 130 valence electrons. The van der Waals surface area contributed by atoms with Gasteiger partial charge in [0, 0.05) is 13.1 Å². The fourth-order valence-electron chi connectivity index (χ4n) is 2.45. The number of carbonyl (C=O) groups is 1. The Labute approximate surface area is 143 Å². The maximum Gasteiger partial charge on any atom is 0.240 e. The van der Waals surface area contributed by atoms with Crippen LogP contribution in [0.3, 0.4) is 0 Å². The SMILES string of the molecule is CCNS(=O)(=O)c1ccc(CNC(=O)C2CCCCN2)cc1.Cl. The quantitative estimate of drug-likeness (QED) is 0.709. The van der Waals surface area contributed by atoms with Crippen molar-refractivity contribution < 1.29 is 13.2 Å². The number of hydrogen-bond donors (Lipinski definition) is 3. The molecule has 1 unspecified atom stereocenters. The molecule has 0 radical (unpaired) electrons. The smallest absolute Gasteiger partial charge is 0.240 e. The summed E-state index contributed by atoms with van der Waals surface area (Å²) >= 11 is 0. The summed E-state index contributed by atoms with van der Waals surface area (Å²) in [5.74, 6) is 0.00375. The first-order chi connectivity index (χ1) is 10.5. The van der Waals surface area contributed by atoms with Crippen molar-refractivity contribution in [3.8, 4) is 0 Å². The zero-order valence-corrected chi connectivity index (χ0v) is 14.8. The van der Waals surface area contributed by atoms with Gasteiger partial charge in [0.15, 0.2) is 0 Å². The van der Waals surface area contributed by atoms with Gasteiger partial charge in [-0.25, -0.2) is 13.1 Å². The number of piperidine rings is 1. The molecule has 0 bridgehead atoms. The molecule has 1 saturated heterocycles. The van der Waals surface area contributed by atoms with Crippen LogP contribution in [0, 0.1) is 0 Å². The zero-order valence-electron chi connectivity index (χ0n) is 13.2. The zero-order chi connectivity index (χ0) is 16.0. The van der Waals surface area contributed by atoms with Gasteiger partial charge in [0.1, 0.15) is 0 Å². The van der Waals surface area contributed by atoms with E-state index in [4.69, 9.17) is 0 Å². The van der Waals surface area contributed by atoms with Crippen LogP contribution in [0.5, 0.6) is 0 Å². The van der Waals surface area contributed by atoms with Crippen LogP contribution in [0.2, 0.25) is 0 Å². The first-order valence-corrected chi connectivity index (χ1v) is 9.11. The van der Waals surface area contributed by atoms with Crippen LogP contribution >= 0.6 is 12.4 Å². The molecule has 1 aliphatic heterocycles. The Balaban J connectivity index is 0.00000264. The summed E-state index contributed by atoms with van der Waals surface area (Å²) in [6, 6.07) is 6.44. The molecule has 1 aromatic carbocycles. The molecule has 1 amide bonds. The van der Waals surface area contributed by atoms with Crippen LogP contribution < -0.4 is 15.4 Å². The van der Waals surface area contributed by atoms with E-state index in [1.807, 2.05) is 0 Å². The van der Waals surface area contributed by atoms with E-state index in [-0.39, 0.29) is 29.3 Å². The van der Waals surface area contributed by atoms with Gasteiger partial charge in [-0.1, -0.05) is 25.5 Å². The van der Waals surface area contributed by atoms with Crippen molar-refractivity contribution in [2.24, 2.45) is 0 Å². The normalized spacial score (nSPS) is 18.0. The van der Waals surface area contributed by atoms with Gasteiger partial charge in [0.05, 0.1) is 10.9 Å². The van der Waals surface area contributed by atoms with E-state index in [1.54, 1.807) is 31.2 Å². The summed E-state index contributed by atoms with van der Waals surface area (Å²) in [4.78, 5) is 12.2. The van der Waals surface area contributed by atoms with E-state index in [9.17, 15) is 13.2 Å². The van der Waals surface area contributed by atoms with E-state index >= 15 is 0 Å². The second-order valence-corrected chi connectivity index (χ2v) is 7.13. The molecule has 1 aliphatic rings. The molecule has 1 atom stereocenters. The number of hydrogen-bond acceptors (Lipinski definition) is 4. The summed E-state index contributed by atoms with van der Waals surface area (Å²) in [5.41, 5.74) is 0.875. The molecule has 6 nitrogen and oxygen atoms in total. The van der Waals surface area contributed by atoms with Crippen molar-refractivity contribution in [2.45, 2.75) is 43.7 Å². The van der Waals surface area contributed by atoms with Gasteiger partial charge in [-0.2, -0.15) is 0 Å². The highest BCUT2D eigenvalue weighted by Crippen LogP contribution is 2.11. The first-order valence-electron chi connectivity index (χ1n) is 7.62. The van der Waals surface area contributed by atoms with Gasteiger partial charge in [0.25, 0.3) is 0 Å². The highest BCUT2D eigenvalue weighted by molar-refractivity contribution is 7.89. The van der Waals surface area contributed by atoms with Gasteiger partial charge >= 0.3 is 0 Å². The minimum absolute atomic E-state index is 0. The molecular formula is C15H24ClN3O3S. The topological polar surface area (TPSA) is 87.3 Å². The largest absolute Gasteiger partial charge is 0.351 e. The lowest BCUT2D eigenvalue weighted by Gasteiger charge is -2.22. The van der Waals surface area contributed by atoms with Gasteiger partial charge in [0.2, 0.25) is 15.9 Å². The summed E-state index contributed by atoms with van der Waals surface area (Å²) < 4.78 is 26.1. The second kappa shape index (κ2) is 9.22. The predicted molar refractivity (Wildman–Crippen MR) is 92.0 cm³/mol. The predicted octanol–water partition coefficient (Wildman–Crippen LogP) is 1.16. The molecule has 0 saturated carbocycles. The fraction of sp³-hybridized carbons (Fsp3) is 0.533. The highest BCUT2D eigenvalue weighted by Gasteiger charge is 2.20. The van der Waals surface area contributed by atoms with Crippen molar-refractivity contribution in [2.75, 3.05) is 13.1 Å². The van der Waals surface area contributed by atoms with Crippen LogP contribution in [-0.2, 0) is 21.4 Å². The molecule has 3 N–H and O–H groups in total. The van der Waals surface area contributed by atoms with Crippen molar-refractivity contribution in [1.29, 1.82) is 0 Å². The molecule has 1 fully saturated rings. The molecule has 0 spiro atoms.